The Bertz CT molecular complexity index is 549. The van der Waals surface area contributed by atoms with E-state index in [2.05, 4.69) is 5.10 Å². The molecular formula is C12H12ClF2N3. The number of hydrogen-bond acceptors (Lipinski definition) is 2. The SMILES string of the molecule is Cc1nn(Cc2ccc(C(F)F)cc2)c(N)c1Cl. The first kappa shape index (κ1) is 12.8. The predicted octanol–water partition coefficient (Wildman–Crippen LogP) is 3.41. The highest BCUT2D eigenvalue weighted by Gasteiger charge is 2.11. The van der Waals surface area contributed by atoms with Gasteiger partial charge in [0, 0.05) is 5.56 Å². The Hall–Kier alpha value is -1.62. The summed E-state index contributed by atoms with van der Waals surface area (Å²) in [7, 11) is 0. The summed E-state index contributed by atoms with van der Waals surface area (Å²) in [5, 5.41) is 4.60. The number of halogens is 3. The molecule has 6 heteroatoms. The number of nitrogen functional groups attached to an aromatic ring is 1. The summed E-state index contributed by atoms with van der Waals surface area (Å²) in [6, 6.07) is 6.06. The minimum absolute atomic E-state index is 0.00130. The van der Waals surface area contributed by atoms with E-state index in [0.717, 1.165) is 5.56 Å². The van der Waals surface area contributed by atoms with Gasteiger partial charge < -0.3 is 5.73 Å². The molecule has 0 amide bonds. The second-order valence-electron chi connectivity index (χ2n) is 3.98. The molecule has 0 aliphatic carbocycles. The zero-order chi connectivity index (χ0) is 13.3. The minimum Gasteiger partial charge on any atom is -0.383 e. The third-order valence-electron chi connectivity index (χ3n) is 2.66. The molecule has 96 valence electrons. The summed E-state index contributed by atoms with van der Waals surface area (Å²) >= 11 is 5.92. The smallest absolute Gasteiger partial charge is 0.263 e. The molecule has 0 fully saturated rings. The molecule has 0 spiro atoms. The Balaban J connectivity index is 2.21. The zero-order valence-corrected chi connectivity index (χ0v) is 10.5. The maximum atomic E-state index is 12.4. The van der Waals surface area contributed by atoms with Crippen molar-refractivity contribution < 1.29 is 8.78 Å². The molecule has 0 saturated carbocycles. The van der Waals surface area contributed by atoms with Crippen molar-refractivity contribution in [2.45, 2.75) is 19.9 Å². The second kappa shape index (κ2) is 4.94. The largest absolute Gasteiger partial charge is 0.383 e. The third-order valence-corrected chi connectivity index (χ3v) is 3.12. The minimum atomic E-state index is -2.45. The molecule has 0 atom stereocenters. The first-order valence-electron chi connectivity index (χ1n) is 5.34. The van der Waals surface area contributed by atoms with Crippen molar-refractivity contribution in [3.63, 3.8) is 0 Å². The predicted molar refractivity (Wildman–Crippen MR) is 66.9 cm³/mol. The van der Waals surface area contributed by atoms with E-state index < -0.39 is 6.43 Å². The van der Waals surface area contributed by atoms with E-state index in [-0.39, 0.29) is 5.56 Å². The standard InChI is InChI=1S/C12H12ClF2N3/c1-7-10(13)12(16)18(17-7)6-8-2-4-9(5-3-8)11(14)15/h2-5,11H,6,16H2,1H3. The van der Waals surface area contributed by atoms with Gasteiger partial charge in [-0.15, -0.1) is 0 Å². The van der Waals surface area contributed by atoms with E-state index in [0.29, 0.717) is 23.1 Å². The van der Waals surface area contributed by atoms with Crippen LogP contribution in [0.1, 0.15) is 23.2 Å². The van der Waals surface area contributed by atoms with Crippen LogP contribution in [-0.4, -0.2) is 9.78 Å². The highest BCUT2D eigenvalue weighted by atomic mass is 35.5. The lowest BCUT2D eigenvalue weighted by Gasteiger charge is -2.05. The van der Waals surface area contributed by atoms with Gasteiger partial charge in [0.05, 0.1) is 12.2 Å². The quantitative estimate of drug-likeness (QED) is 0.930. The number of nitrogens with zero attached hydrogens (tertiary/aromatic N) is 2. The molecule has 0 bridgehead atoms. The number of anilines is 1. The second-order valence-corrected chi connectivity index (χ2v) is 4.36. The normalized spacial score (nSPS) is 11.2. The van der Waals surface area contributed by atoms with E-state index in [1.807, 2.05) is 0 Å². The van der Waals surface area contributed by atoms with Crippen LogP contribution in [0.5, 0.6) is 0 Å². The van der Waals surface area contributed by atoms with Crippen LogP contribution >= 0.6 is 11.6 Å². The Labute approximate surface area is 108 Å². The van der Waals surface area contributed by atoms with Crippen molar-refractivity contribution in [2.24, 2.45) is 0 Å². The van der Waals surface area contributed by atoms with Gasteiger partial charge >= 0.3 is 0 Å². The van der Waals surface area contributed by atoms with E-state index in [4.69, 9.17) is 17.3 Å². The van der Waals surface area contributed by atoms with Crippen molar-refractivity contribution in [1.29, 1.82) is 0 Å². The Morgan fingerprint density at radius 2 is 1.94 bits per heavy atom. The summed E-state index contributed by atoms with van der Waals surface area (Å²) < 4.78 is 26.3. The number of aryl methyl sites for hydroxylation is 1. The lowest BCUT2D eigenvalue weighted by molar-refractivity contribution is 0.151. The average molecular weight is 272 g/mol. The molecule has 0 aliphatic rings. The molecule has 2 N–H and O–H groups in total. The number of nitrogens with two attached hydrogens (primary N) is 1. The monoisotopic (exact) mass is 271 g/mol. The van der Waals surface area contributed by atoms with Gasteiger partial charge in [0.2, 0.25) is 0 Å². The van der Waals surface area contributed by atoms with Crippen LogP contribution in [0.25, 0.3) is 0 Å². The highest BCUT2D eigenvalue weighted by Crippen LogP contribution is 2.23. The highest BCUT2D eigenvalue weighted by molar-refractivity contribution is 6.33. The number of hydrogen-bond donors (Lipinski definition) is 1. The van der Waals surface area contributed by atoms with Gasteiger partial charge in [-0.25, -0.2) is 13.5 Å². The van der Waals surface area contributed by atoms with Gasteiger partial charge in [-0.3, -0.25) is 0 Å². The fourth-order valence-corrected chi connectivity index (χ4v) is 1.77. The van der Waals surface area contributed by atoms with Crippen LogP contribution in [0.4, 0.5) is 14.6 Å². The molecule has 0 aliphatic heterocycles. The molecule has 1 aromatic carbocycles. The van der Waals surface area contributed by atoms with E-state index in [1.165, 1.54) is 12.1 Å². The summed E-state index contributed by atoms with van der Waals surface area (Å²) in [6.45, 7) is 2.16. The van der Waals surface area contributed by atoms with Crippen molar-refractivity contribution in [2.75, 3.05) is 5.73 Å². The fourth-order valence-electron chi connectivity index (χ4n) is 1.64. The van der Waals surface area contributed by atoms with Crippen molar-refractivity contribution >= 4 is 17.4 Å². The molecule has 18 heavy (non-hydrogen) atoms. The molecule has 1 heterocycles. The lowest BCUT2D eigenvalue weighted by atomic mass is 10.1. The van der Waals surface area contributed by atoms with Crippen molar-refractivity contribution in [3.05, 3.63) is 46.1 Å². The molecule has 3 nitrogen and oxygen atoms in total. The van der Waals surface area contributed by atoms with Crippen LogP contribution in [0.3, 0.4) is 0 Å². The van der Waals surface area contributed by atoms with Crippen molar-refractivity contribution in [3.8, 4) is 0 Å². The summed E-state index contributed by atoms with van der Waals surface area (Å²) in [5.41, 5.74) is 7.27. The van der Waals surface area contributed by atoms with Crippen LogP contribution in [0.2, 0.25) is 5.02 Å². The maximum absolute atomic E-state index is 12.4. The van der Waals surface area contributed by atoms with Gasteiger partial charge in [0.1, 0.15) is 10.8 Å². The molecular weight excluding hydrogens is 260 g/mol. The molecule has 2 rings (SSSR count). The fraction of sp³-hybridized carbons (Fsp3) is 0.250. The van der Waals surface area contributed by atoms with Gasteiger partial charge in [-0.2, -0.15) is 5.10 Å². The van der Waals surface area contributed by atoms with Crippen LogP contribution in [0.15, 0.2) is 24.3 Å². The Morgan fingerprint density at radius 1 is 1.33 bits per heavy atom. The summed E-state index contributed by atoms with van der Waals surface area (Å²) in [5.74, 6) is 0.382. The number of benzene rings is 1. The van der Waals surface area contributed by atoms with Crippen LogP contribution in [0, 0.1) is 6.92 Å². The van der Waals surface area contributed by atoms with Gasteiger partial charge in [-0.05, 0) is 12.5 Å². The number of rotatable bonds is 3. The molecule has 0 saturated heterocycles. The molecule has 1 aromatic heterocycles. The van der Waals surface area contributed by atoms with Crippen molar-refractivity contribution in [1.82, 2.24) is 9.78 Å². The lowest BCUT2D eigenvalue weighted by Crippen LogP contribution is -2.06. The van der Waals surface area contributed by atoms with Gasteiger partial charge in [0.15, 0.2) is 0 Å². The number of aromatic nitrogens is 2. The van der Waals surface area contributed by atoms with Crippen LogP contribution in [-0.2, 0) is 6.54 Å². The first-order valence-corrected chi connectivity index (χ1v) is 5.72. The topological polar surface area (TPSA) is 43.8 Å². The van der Waals surface area contributed by atoms with Gasteiger partial charge in [0.25, 0.3) is 6.43 Å². The van der Waals surface area contributed by atoms with E-state index >= 15 is 0 Å². The summed E-state index contributed by atoms with van der Waals surface area (Å²) in [6.07, 6.45) is -2.45. The maximum Gasteiger partial charge on any atom is 0.263 e. The zero-order valence-electron chi connectivity index (χ0n) is 9.70. The Morgan fingerprint density at radius 3 is 2.39 bits per heavy atom. The Kier molecular flexibility index (Phi) is 3.52. The third kappa shape index (κ3) is 2.46. The average Bonchev–Trinajstić information content (AvgIpc) is 2.58. The molecule has 2 aromatic rings. The van der Waals surface area contributed by atoms with E-state index in [9.17, 15) is 8.78 Å². The van der Waals surface area contributed by atoms with Crippen LogP contribution < -0.4 is 5.73 Å². The van der Waals surface area contributed by atoms with E-state index in [1.54, 1.807) is 23.7 Å². The summed E-state index contributed by atoms with van der Waals surface area (Å²) in [4.78, 5) is 0. The molecule has 0 unspecified atom stereocenters. The van der Waals surface area contributed by atoms with Gasteiger partial charge in [-0.1, -0.05) is 35.9 Å². The molecule has 0 radical (unpaired) electrons. The first-order chi connectivity index (χ1) is 8.49. The number of alkyl halides is 2.